The summed E-state index contributed by atoms with van der Waals surface area (Å²) in [5, 5.41) is 14.9. The van der Waals surface area contributed by atoms with Crippen LogP contribution >= 0.6 is 0 Å². The van der Waals surface area contributed by atoms with Gasteiger partial charge >= 0.3 is 5.97 Å². The monoisotopic (exact) mass is 302 g/mol. The van der Waals surface area contributed by atoms with E-state index in [9.17, 15) is 9.90 Å². The zero-order valence-corrected chi connectivity index (χ0v) is 12.6. The van der Waals surface area contributed by atoms with Crippen LogP contribution in [0.25, 0.3) is 5.69 Å². The third kappa shape index (κ3) is 2.35. The van der Waals surface area contributed by atoms with Crippen LogP contribution in [0.5, 0.6) is 5.88 Å². The number of aryl methyl sites for hydroxylation is 1. The summed E-state index contributed by atoms with van der Waals surface area (Å²) in [7, 11) is 0. The number of para-hydroxylation sites is 1. The van der Waals surface area contributed by atoms with Crippen LogP contribution < -0.4 is 4.74 Å². The Kier molecular flexibility index (Phi) is 3.62. The highest BCUT2D eigenvalue weighted by Crippen LogP contribution is 2.34. The van der Waals surface area contributed by atoms with Crippen molar-refractivity contribution in [3.05, 3.63) is 41.6 Å². The van der Waals surface area contributed by atoms with E-state index < -0.39 is 11.6 Å². The minimum absolute atomic E-state index is 0.139. The van der Waals surface area contributed by atoms with Crippen molar-refractivity contribution in [1.82, 2.24) is 9.78 Å². The summed E-state index contributed by atoms with van der Waals surface area (Å²) in [6, 6.07) is 9.59. The molecule has 1 aromatic heterocycles. The molecule has 0 aliphatic carbocycles. The molecular formula is C16H18N2O4. The molecule has 0 saturated heterocycles. The quantitative estimate of drug-likeness (QED) is 0.868. The number of hydrogen-bond donors (Lipinski definition) is 1. The molecule has 0 fully saturated rings. The molecule has 1 aliphatic heterocycles. The van der Waals surface area contributed by atoms with Crippen LogP contribution in [0.4, 0.5) is 0 Å². The van der Waals surface area contributed by atoms with Gasteiger partial charge in [0.15, 0.2) is 0 Å². The average Bonchev–Trinajstić information content (AvgIpc) is 2.85. The molecule has 1 atom stereocenters. The summed E-state index contributed by atoms with van der Waals surface area (Å²) in [6.45, 7) is 3.61. The summed E-state index contributed by atoms with van der Waals surface area (Å²) in [5.41, 5.74) is 0.665. The van der Waals surface area contributed by atoms with Crippen LogP contribution in [-0.4, -0.2) is 39.7 Å². The molecule has 22 heavy (non-hydrogen) atoms. The van der Waals surface area contributed by atoms with Crippen LogP contribution in [0.3, 0.4) is 0 Å². The van der Waals surface area contributed by atoms with Gasteiger partial charge in [-0.1, -0.05) is 18.2 Å². The Hall–Kier alpha value is -2.34. The fraction of sp³-hybridized carbons (Fsp3) is 0.375. The Bertz CT molecular complexity index is 696. The van der Waals surface area contributed by atoms with Gasteiger partial charge in [0.05, 0.1) is 18.0 Å². The minimum Gasteiger partial charge on any atom is -0.474 e. The molecule has 1 N–H and O–H groups in total. The molecule has 0 saturated carbocycles. The Balaban J connectivity index is 1.97. The average molecular weight is 302 g/mol. The van der Waals surface area contributed by atoms with Gasteiger partial charge in [-0.15, -0.1) is 0 Å². The van der Waals surface area contributed by atoms with Gasteiger partial charge in [-0.2, -0.15) is 5.10 Å². The number of aromatic nitrogens is 2. The van der Waals surface area contributed by atoms with Gasteiger partial charge in [-0.25, -0.2) is 9.48 Å². The van der Waals surface area contributed by atoms with Crippen molar-refractivity contribution < 1.29 is 19.4 Å². The lowest BCUT2D eigenvalue weighted by Crippen LogP contribution is -2.49. The first kappa shape index (κ1) is 14.6. The Morgan fingerprint density at radius 3 is 2.86 bits per heavy atom. The van der Waals surface area contributed by atoms with Crippen molar-refractivity contribution >= 4 is 5.97 Å². The maximum absolute atomic E-state index is 11.9. The van der Waals surface area contributed by atoms with Crippen LogP contribution in [-0.2, 0) is 16.0 Å². The topological polar surface area (TPSA) is 73.6 Å². The predicted octanol–water partition coefficient (Wildman–Crippen LogP) is 1.41. The molecule has 3 rings (SSSR count). The second-order valence-electron chi connectivity index (χ2n) is 5.33. The summed E-state index contributed by atoms with van der Waals surface area (Å²) in [6.07, 6.45) is 0.139. The highest BCUT2D eigenvalue weighted by atomic mass is 16.6. The molecule has 1 unspecified atom stereocenters. The Morgan fingerprint density at radius 1 is 1.45 bits per heavy atom. The molecule has 116 valence electrons. The molecule has 0 amide bonds. The van der Waals surface area contributed by atoms with Gasteiger partial charge in [0, 0.05) is 12.0 Å². The second kappa shape index (κ2) is 5.46. The summed E-state index contributed by atoms with van der Waals surface area (Å²) < 4.78 is 12.3. The Labute approximate surface area is 128 Å². The number of ether oxygens (including phenoxy) is 2. The minimum atomic E-state index is -1.65. The standard InChI is InChI=1S/C16H18N2O4/c1-3-21-15(19)16(20)9-13-11(2)17-18(14(13)22-10-16)12-7-5-4-6-8-12/h4-8,20H,3,9-10H2,1-2H3. The van der Waals surface area contributed by atoms with E-state index in [1.165, 1.54) is 0 Å². The number of rotatable bonds is 3. The Morgan fingerprint density at radius 2 is 2.18 bits per heavy atom. The van der Waals surface area contributed by atoms with Gasteiger partial charge in [0.1, 0.15) is 6.61 Å². The number of nitrogens with zero attached hydrogens (tertiary/aromatic N) is 2. The number of carbonyl (C=O) groups excluding carboxylic acids is 1. The number of aliphatic hydroxyl groups is 1. The van der Waals surface area contributed by atoms with Crippen molar-refractivity contribution in [2.75, 3.05) is 13.2 Å². The van der Waals surface area contributed by atoms with E-state index in [-0.39, 0.29) is 19.6 Å². The fourth-order valence-corrected chi connectivity index (χ4v) is 2.56. The SMILES string of the molecule is CCOC(=O)C1(O)COc2c(c(C)nn2-c2ccccc2)C1. The predicted molar refractivity (Wildman–Crippen MR) is 79.1 cm³/mol. The lowest BCUT2D eigenvalue weighted by atomic mass is 9.93. The second-order valence-corrected chi connectivity index (χ2v) is 5.33. The van der Waals surface area contributed by atoms with E-state index >= 15 is 0 Å². The maximum Gasteiger partial charge on any atom is 0.342 e. The molecule has 0 bridgehead atoms. The van der Waals surface area contributed by atoms with Crippen LogP contribution in [0.15, 0.2) is 30.3 Å². The lowest BCUT2D eigenvalue weighted by molar-refractivity contribution is -0.169. The lowest BCUT2D eigenvalue weighted by Gasteiger charge is -2.30. The largest absolute Gasteiger partial charge is 0.474 e. The molecule has 0 radical (unpaired) electrons. The highest BCUT2D eigenvalue weighted by Gasteiger charge is 2.44. The molecular weight excluding hydrogens is 284 g/mol. The molecule has 2 heterocycles. The van der Waals surface area contributed by atoms with E-state index in [2.05, 4.69) is 5.10 Å². The first-order valence-electron chi connectivity index (χ1n) is 7.21. The number of hydrogen-bond acceptors (Lipinski definition) is 5. The van der Waals surface area contributed by atoms with Crippen molar-refractivity contribution in [2.45, 2.75) is 25.9 Å². The smallest absolute Gasteiger partial charge is 0.342 e. The van der Waals surface area contributed by atoms with Gasteiger partial charge in [-0.3, -0.25) is 0 Å². The van der Waals surface area contributed by atoms with Crippen molar-refractivity contribution in [3.63, 3.8) is 0 Å². The molecule has 2 aromatic rings. The summed E-state index contributed by atoms with van der Waals surface area (Å²) in [5.74, 6) is -0.0924. The van der Waals surface area contributed by atoms with E-state index in [0.29, 0.717) is 5.88 Å². The number of carbonyl (C=O) groups is 1. The molecule has 1 aliphatic rings. The molecule has 0 spiro atoms. The maximum atomic E-state index is 11.9. The zero-order valence-electron chi connectivity index (χ0n) is 12.6. The van der Waals surface area contributed by atoms with Crippen molar-refractivity contribution in [3.8, 4) is 11.6 Å². The van der Waals surface area contributed by atoms with Crippen molar-refractivity contribution in [1.29, 1.82) is 0 Å². The highest BCUT2D eigenvalue weighted by molar-refractivity contribution is 5.80. The van der Waals surface area contributed by atoms with Gasteiger partial charge in [-0.05, 0) is 26.0 Å². The first-order chi connectivity index (χ1) is 10.5. The summed E-state index contributed by atoms with van der Waals surface area (Å²) in [4.78, 5) is 11.9. The first-order valence-corrected chi connectivity index (χ1v) is 7.21. The van der Waals surface area contributed by atoms with Gasteiger partial charge in [0.25, 0.3) is 0 Å². The zero-order chi connectivity index (χ0) is 15.7. The summed E-state index contributed by atoms with van der Waals surface area (Å²) >= 11 is 0. The normalized spacial score (nSPS) is 20.1. The van der Waals surface area contributed by atoms with Crippen molar-refractivity contribution in [2.24, 2.45) is 0 Å². The van der Waals surface area contributed by atoms with Crippen LogP contribution in [0, 0.1) is 6.92 Å². The van der Waals surface area contributed by atoms with Crippen LogP contribution in [0.2, 0.25) is 0 Å². The number of fused-ring (bicyclic) bond motifs is 1. The van der Waals surface area contributed by atoms with E-state index in [1.807, 2.05) is 37.3 Å². The van der Waals surface area contributed by atoms with Gasteiger partial charge in [0.2, 0.25) is 11.5 Å². The van der Waals surface area contributed by atoms with E-state index in [1.54, 1.807) is 11.6 Å². The van der Waals surface area contributed by atoms with Crippen LogP contribution in [0.1, 0.15) is 18.2 Å². The number of benzene rings is 1. The molecule has 6 heteroatoms. The third-order valence-corrected chi connectivity index (χ3v) is 3.71. The van der Waals surface area contributed by atoms with E-state index in [0.717, 1.165) is 16.9 Å². The third-order valence-electron chi connectivity index (χ3n) is 3.71. The fourth-order valence-electron chi connectivity index (χ4n) is 2.56. The van der Waals surface area contributed by atoms with E-state index in [4.69, 9.17) is 9.47 Å². The molecule has 6 nitrogen and oxygen atoms in total. The number of esters is 1. The molecule has 1 aromatic carbocycles. The van der Waals surface area contributed by atoms with Gasteiger partial charge < -0.3 is 14.6 Å².